The van der Waals surface area contributed by atoms with E-state index in [4.69, 9.17) is 16.7 Å². The van der Waals surface area contributed by atoms with Crippen molar-refractivity contribution in [2.45, 2.75) is 18.9 Å². The van der Waals surface area contributed by atoms with Crippen LogP contribution in [0.25, 0.3) is 0 Å². The molecule has 1 aromatic carbocycles. The molecular weight excluding hydrogens is 268 g/mol. The topological polar surface area (TPSA) is 78.4 Å². The summed E-state index contributed by atoms with van der Waals surface area (Å²) in [7, 11) is 0. The molecule has 1 unspecified atom stereocenters. The van der Waals surface area contributed by atoms with Gasteiger partial charge in [-0.2, -0.15) is 0 Å². The van der Waals surface area contributed by atoms with Crippen molar-refractivity contribution in [1.29, 1.82) is 0 Å². The molecule has 0 saturated heterocycles. The molecule has 0 bridgehead atoms. The van der Waals surface area contributed by atoms with Gasteiger partial charge >= 0.3 is 5.97 Å². The van der Waals surface area contributed by atoms with Crippen molar-refractivity contribution in [2.24, 2.45) is 5.92 Å². The highest BCUT2D eigenvalue weighted by Crippen LogP contribution is 2.32. The van der Waals surface area contributed by atoms with Crippen molar-refractivity contribution in [3.63, 3.8) is 0 Å². The second kappa shape index (κ2) is 6.04. The average Bonchev–Trinajstić information content (AvgIpc) is 3.16. The summed E-state index contributed by atoms with van der Waals surface area (Å²) in [6.07, 6.45) is 1.80. The molecule has 1 amide bonds. The van der Waals surface area contributed by atoms with E-state index in [1.807, 2.05) is 0 Å². The SMILES string of the molecule is O=C(CNC(C(=O)O)C1CC1)Nc1ccccc1Cl. The first-order valence-electron chi connectivity index (χ1n) is 6.08. The summed E-state index contributed by atoms with van der Waals surface area (Å²) in [6.45, 7) is -0.0430. The number of nitrogens with one attached hydrogen (secondary N) is 2. The monoisotopic (exact) mass is 282 g/mol. The van der Waals surface area contributed by atoms with E-state index in [-0.39, 0.29) is 18.4 Å². The zero-order valence-corrected chi connectivity index (χ0v) is 11.0. The second-order valence-corrected chi connectivity index (χ2v) is 4.97. The van der Waals surface area contributed by atoms with Crippen molar-refractivity contribution in [1.82, 2.24) is 5.32 Å². The third-order valence-electron chi connectivity index (χ3n) is 2.99. The number of carbonyl (C=O) groups excluding carboxylic acids is 1. The van der Waals surface area contributed by atoms with Gasteiger partial charge < -0.3 is 10.4 Å². The van der Waals surface area contributed by atoms with Gasteiger partial charge in [0.1, 0.15) is 6.04 Å². The Morgan fingerprint density at radius 2 is 2.05 bits per heavy atom. The molecule has 1 atom stereocenters. The Balaban J connectivity index is 1.84. The maximum atomic E-state index is 11.7. The van der Waals surface area contributed by atoms with Gasteiger partial charge in [-0.1, -0.05) is 23.7 Å². The number of halogens is 1. The summed E-state index contributed by atoms with van der Waals surface area (Å²) in [5.74, 6) is -1.07. The fraction of sp³-hybridized carbons (Fsp3) is 0.385. The van der Waals surface area contributed by atoms with E-state index in [9.17, 15) is 9.59 Å². The normalized spacial score (nSPS) is 15.8. The molecule has 0 heterocycles. The van der Waals surface area contributed by atoms with Gasteiger partial charge in [0.05, 0.1) is 17.3 Å². The lowest BCUT2D eigenvalue weighted by molar-refractivity contribution is -0.140. The van der Waals surface area contributed by atoms with Crippen LogP contribution in [0.1, 0.15) is 12.8 Å². The molecule has 19 heavy (non-hydrogen) atoms. The van der Waals surface area contributed by atoms with Crippen molar-refractivity contribution < 1.29 is 14.7 Å². The minimum Gasteiger partial charge on any atom is -0.480 e. The summed E-state index contributed by atoms with van der Waals surface area (Å²) in [5, 5.41) is 14.9. The molecule has 1 aromatic rings. The van der Waals surface area contributed by atoms with E-state index >= 15 is 0 Å². The lowest BCUT2D eigenvalue weighted by atomic mass is 10.2. The summed E-state index contributed by atoms with van der Waals surface area (Å²) in [4.78, 5) is 22.7. The van der Waals surface area contributed by atoms with Crippen LogP contribution in [0.4, 0.5) is 5.69 Å². The molecule has 1 aliphatic carbocycles. The van der Waals surface area contributed by atoms with Crippen molar-refractivity contribution >= 4 is 29.2 Å². The minimum atomic E-state index is -0.909. The number of para-hydroxylation sites is 1. The Kier molecular flexibility index (Phi) is 4.39. The molecule has 1 aliphatic rings. The Morgan fingerprint density at radius 3 is 2.63 bits per heavy atom. The Hall–Kier alpha value is -1.59. The molecule has 6 heteroatoms. The molecule has 1 saturated carbocycles. The van der Waals surface area contributed by atoms with E-state index in [1.165, 1.54) is 0 Å². The van der Waals surface area contributed by atoms with Crippen LogP contribution in [-0.4, -0.2) is 29.6 Å². The first kappa shape index (κ1) is 13.8. The molecule has 5 nitrogen and oxygen atoms in total. The molecule has 0 aromatic heterocycles. The van der Waals surface area contributed by atoms with E-state index in [0.29, 0.717) is 10.7 Å². The largest absolute Gasteiger partial charge is 0.480 e. The van der Waals surface area contributed by atoms with E-state index in [0.717, 1.165) is 12.8 Å². The highest BCUT2D eigenvalue weighted by Gasteiger charge is 2.36. The number of carboxylic acid groups (broad SMARTS) is 1. The van der Waals surface area contributed by atoms with Gasteiger partial charge in [-0.25, -0.2) is 0 Å². The molecule has 2 rings (SSSR count). The zero-order chi connectivity index (χ0) is 13.8. The third-order valence-corrected chi connectivity index (χ3v) is 3.32. The maximum absolute atomic E-state index is 11.7. The van der Waals surface area contributed by atoms with E-state index in [1.54, 1.807) is 24.3 Å². The minimum absolute atomic E-state index is 0.0430. The van der Waals surface area contributed by atoms with E-state index < -0.39 is 12.0 Å². The number of hydrogen-bond acceptors (Lipinski definition) is 3. The smallest absolute Gasteiger partial charge is 0.320 e. The van der Waals surface area contributed by atoms with Gasteiger partial charge in [-0.15, -0.1) is 0 Å². The number of rotatable bonds is 6. The van der Waals surface area contributed by atoms with Gasteiger partial charge in [0.2, 0.25) is 5.91 Å². The first-order valence-corrected chi connectivity index (χ1v) is 6.46. The van der Waals surface area contributed by atoms with Gasteiger partial charge in [0.15, 0.2) is 0 Å². The second-order valence-electron chi connectivity index (χ2n) is 4.56. The molecule has 0 spiro atoms. The summed E-state index contributed by atoms with van der Waals surface area (Å²) >= 11 is 5.91. The Bertz CT molecular complexity index is 489. The third kappa shape index (κ3) is 3.94. The predicted molar refractivity (Wildman–Crippen MR) is 72.2 cm³/mol. The highest BCUT2D eigenvalue weighted by molar-refractivity contribution is 6.33. The lowest BCUT2D eigenvalue weighted by Crippen LogP contribution is -2.42. The molecule has 0 radical (unpaired) electrons. The maximum Gasteiger partial charge on any atom is 0.320 e. The standard InChI is InChI=1S/C13H15ClN2O3/c14-9-3-1-2-4-10(9)16-11(17)7-15-12(13(18)19)8-5-6-8/h1-4,8,12,15H,5-7H2,(H,16,17)(H,18,19). The fourth-order valence-electron chi connectivity index (χ4n) is 1.84. The van der Waals surface area contributed by atoms with Crippen LogP contribution in [0.2, 0.25) is 5.02 Å². The van der Waals surface area contributed by atoms with Crippen molar-refractivity contribution in [3.8, 4) is 0 Å². The van der Waals surface area contributed by atoms with Crippen LogP contribution in [0.3, 0.4) is 0 Å². The number of amides is 1. The van der Waals surface area contributed by atoms with Crippen LogP contribution in [0.15, 0.2) is 24.3 Å². The van der Waals surface area contributed by atoms with Crippen molar-refractivity contribution in [3.05, 3.63) is 29.3 Å². The van der Waals surface area contributed by atoms with Crippen LogP contribution in [0, 0.1) is 5.92 Å². The van der Waals surface area contributed by atoms with Gasteiger partial charge in [0, 0.05) is 0 Å². The van der Waals surface area contributed by atoms with E-state index in [2.05, 4.69) is 10.6 Å². The zero-order valence-electron chi connectivity index (χ0n) is 10.2. The number of carbonyl (C=O) groups is 2. The molecule has 102 valence electrons. The quantitative estimate of drug-likeness (QED) is 0.742. The molecule has 3 N–H and O–H groups in total. The first-order chi connectivity index (χ1) is 9.08. The number of hydrogen-bond donors (Lipinski definition) is 3. The Labute approximate surface area is 116 Å². The summed E-state index contributed by atoms with van der Waals surface area (Å²) < 4.78 is 0. The number of anilines is 1. The van der Waals surface area contributed by atoms with Crippen molar-refractivity contribution in [2.75, 3.05) is 11.9 Å². The Morgan fingerprint density at radius 1 is 1.37 bits per heavy atom. The summed E-state index contributed by atoms with van der Waals surface area (Å²) in [6, 6.07) is 6.25. The number of benzene rings is 1. The molecular formula is C13H15ClN2O3. The molecule has 0 aliphatic heterocycles. The summed E-state index contributed by atoms with van der Waals surface area (Å²) in [5.41, 5.74) is 0.522. The predicted octanol–water partition coefficient (Wildman–Crippen LogP) is 1.73. The highest BCUT2D eigenvalue weighted by atomic mass is 35.5. The number of carboxylic acids is 1. The van der Waals surface area contributed by atoms with Gasteiger partial charge in [0.25, 0.3) is 0 Å². The average molecular weight is 283 g/mol. The van der Waals surface area contributed by atoms with Gasteiger partial charge in [-0.05, 0) is 30.9 Å². The van der Waals surface area contributed by atoms with Gasteiger partial charge in [-0.3, -0.25) is 14.9 Å². The number of aliphatic carboxylic acids is 1. The molecule has 1 fully saturated rings. The van der Waals surface area contributed by atoms with Crippen LogP contribution < -0.4 is 10.6 Å². The lowest BCUT2D eigenvalue weighted by Gasteiger charge is -2.13. The van der Waals surface area contributed by atoms with Crippen LogP contribution >= 0.6 is 11.6 Å². The van der Waals surface area contributed by atoms with Crippen LogP contribution in [-0.2, 0) is 9.59 Å². The van der Waals surface area contributed by atoms with Crippen LogP contribution in [0.5, 0.6) is 0 Å². The fourth-order valence-corrected chi connectivity index (χ4v) is 2.03.